The van der Waals surface area contributed by atoms with Crippen molar-refractivity contribution in [2.45, 2.75) is 25.0 Å². The van der Waals surface area contributed by atoms with Crippen LogP contribution in [-0.2, 0) is 4.74 Å². The molecule has 2 unspecified atom stereocenters. The molecule has 18 heavy (non-hydrogen) atoms. The summed E-state index contributed by atoms with van der Waals surface area (Å²) in [6, 6.07) is 5.88. The van der Waals surface area contributed by atoms with Gasteiger partial charge in [0.05, 0.1) is 17.2 Å². The largest absolute Gasteiger partial charge is 0.389 e. The SMILES string of the molecule is NC(=S)c1ccc(N2CC3CCC(C2)O3)cc1Cl. The highest BCUT2D eigenvalue weighted by Gasteiger charge is 2.33. The first-order chi connectivity index (χ1) is 8.63. The van der Waals surface area contributed by atoms with Gasteiger partial charge in [-0.25, -0.2) is 0 Å². The highest BCUT2D eigenvalue weighted by atomic mass is 35.5. The number of halogens is 1. The zero-order chi connectivity index (χ0) is 12.7. The molecule has 1 aromatic carbocycles. The minimum atomic E-state index is 0.341. The van der Waals surface area contributed by atoms with Crippen LogP contribution in [0.25, 0.3) is 0 Å². The van der Waals surface area contributed by atoms with E-state index in [1.54, 1.807) is 0 Å². The summed E-state index contributed by atoms with van der Waals surface area (Å²) in [5, 5.41) is 0.624. The van der Waals surface area contributed by atoms with Crippen molar-refractivity contribution in [3.8, 4) is 0 Å². The van der Waals surface area contributed by atoms with Gasteiger partial charge in [-0.05, 0) is 31.0 Å². The summed E-state index contributed by atoms with van der Waals surface area (Å²) in [6.45, 7) is 1.89. The molecule has 2 fully saturated rings. The summed E-state index contributed by atoms with van der Waals surface area (Å²) in [7, 11) is 0. The van der Waals surface area contributed by atoms with Crippen LogP contribution in [0.1, 0.15) is 18.4 Å². The van der Waals surface area contributed by atoms with Crippen LogP contribution in [0.4, 0.5) is 5.69 Å². The van der Waals surface area contributed by atoms with Crippen molar-refractivity contribution in [3.05, 3.63) is 28.8 Å². The van der Waals surface area contributed by atoms with E-state index in [2.05, 4.69) is 4.90 Å². The van der Waals surface area contributed by atoms with Gasteiger partial charge in [-0.2, -0.15) is 0 Å². The number of rotatable bonds is 2. The fraction of sp³-hybridized carbons (Fsp3) is 0.462. The van der Waals surface area contributed by atoms with Crippen molar-refractivity contribution in [2.24, 2.45) is 5.73 Å². The van der Waals surface area contributed by atoms with Crippen LogP contribution >= 0.6 is 23.8 Å². The molecule has 2 N–H and O–H groups in total. The molecule has 0 spiro atoms. The first kappa shape index (κ1) is 12.2. The molecular weight excluding hydrogens is 268 g/mol. The number of hydrogen-bond acceptors (Lipinski definition) is 3. The van der Waals surface area contributed by atoms with Gasteiger partial charge in [0.25, 0.3) is 0 Å². The topological polar surface area (TPSA) is 38.5 Å². The van der Waals surface area contributed by atoms with Crippen molar-refractivity contribution >= 4 is 34.5 Å². The van der Waals surface area contributed by atoms with E-state index >= 15 is 0 Å². The Balaban J connectivity index is 1.84. The summed E-state index contributed by atoms with van der Waals surface area (Å²) < 4.78 is 5.83. The van der Waals surface area contributed by atoms with Crippen LogP contribution in [-0.4, -0.2) is 30.3 Å². The molecular formula is C13H15ClN2OS. The fourth-order valence-corrected chi connectivity index (χ4v) is 3.24. The number of hydrogen-bond donors (Lipinski definition) is 1. The zero-order valence-corrected chi connectivity index (χ0v) is 11.5. The molecule has 2 aliphatic heterocycles. The van der Waals surface area contributed by atoms with Crippen LogP contribution in [0.15, 0.2) is 18.2 Å². The van der Waals surface area contributed by atoms with Gasteiger partial charge >= 0.3 is 0 Å². The molecule has 0 aliphatic carbocycles. The molecule has 0 aromatic heterocycles. The number of fused-ring (bicyclic) bond motifs is 2. The third-order valence-electron chi connectivity index (χ3n) is 3.63. The highest BCUT2D eigenvalue weighted by Crippen LogP contribution is 2.31. The predicted molar refractivity (Wildman–Crippen MR) is 77.4 cm³/mol. The van der Waals surface area contributed by atoms with E-state index in [-0.39, 0.29) is 0 Å². The Morgan fingerprint density at radius 3 is 2.56 bits per heavy atom. The van der Waals surface area contributed by atoms with Gasteiger partial charge in [-0.15, -0.1) is 0 Å². The van der Waals surface area contributed by atoms with Crippen LogP contribution < -0.4 is 10.6 Å². The lowest BCUT2D eigenvalue weighted by molar-refractivity contribution is 0.0305. The van der Waals surface area contributed by atoms with E-state index in [0.717, 1.165) is 24.3 Å². The van der Waals surface area contributed by atoms with Gasteiger partial charge in [-0.3, -0.25) is 0 Å². The Morgan fingerprint density at radius 1 is 1.33 bits per heavy atom. The van der Waals surface area contributed by atoms with Crippen LogP contribution in [0.3, 0.4) is 0 Å². The molecule has 2 bridgehead atoms. The number of thiocarbonyl (C=S) groups is 1. The molecule has 2 aliphatic rings. The highest BCUT2D eigenvalue weighted by molar-refractivity contribution is 7.80. The van der Waals surface area contributed by atoms with Gasteiger partial charge in [0.2, 0.25) is 0 Å². The molecule has 2 heterocycles. The summed E-state index contributed by atoms with van der Waals surface area (Å²) in [4.78, 5) is 2.68. The minimum Gasteiger partial charge on any atom is -0.389 e. The lowest BCUT2D eigenvalue weighted by Crippen LogP contribution is -2.42. The van der Waals surface area contributed by atoms with E-state index in [1.807, 2.05) is 18.2 Å². The summed E-state index contributed by atoms with van der Waals surface area (Å²) in [5.41, 5.74) is 7.48. The Bertz CT molecular complexity index is 482. The molecule has 5 heteroatoms. The van der Waals surface area contributed by atoms with Gasteiger partial charge in [0, 0.05) is 24.3 Å². The number of ether oxygens (including phenoxy) is 1. The average Bonchev–Trinajstić information content (AvgIpc) is 2.67. The normalized spacial score (nSPS) is 26.4. The van der Waals surface area contributed by atoms with Gasteiger partial charge < -0.3 is 15.4 Å². The molecule has 1 aromatic rings. The summed E-state index contributed by atoms with van der Waals surface area (Å²) >= 11 is 11.2. The number of nitrogens with zero attached hydrogens (tertiary/aromatic N) is 1. The second kappa shape index (κ2) is 4.68. The first-order valence-electron chi connectivity index (χ1n) is 6.13. The first-order valence-corrected chi connectivity index (χ1v) is 6.92. The fourth-order valence-electron chi connectivity index (χ4n) is 2.73. The molecule has 2 saturated heterocycles. The van der Waals surface area contributed by atoms with Crippen LogP contribution in [0, 0.1) is 0 Å². The van der Waals surface area contributed by atoms with E-state index in [9.17, 15) is 0 Å². The third-order valence-corrected chi connectivity index (χ3v) is 4.16. The number of morpholine rings is 1. The Hall–Kier alpha value is -0.840. The molecule has 3 rings (SSSR count). The smallest absolute Gasteiger partial charge is 0.105 e. The van der Waals surface area contributed by atoms with Crippen molar-refractivity contribution in [2.75, 3.05) is 18.0 Å². The van der Waals surface area contributed by atoms with Crippen molar-refractivity contribution < 1.29 is 4.74 Å². The maximum Gasteiger partial charge on any atom is 0.105 e. The van der Waals surface area contributed by atoms with Gasteiger partial charge in [-0.1, -0.05) is 23.8 Å². The van der Waals surface area contributed by atoms with E-state index in [0.29, 0.717) is 22.2 Å². The Labute approximate surface area is 117 Å². The zero-order valence-electron chi connectivity index (χ0n) is 9.93. The van der Waals surface area contributed by atoms with Crippen LogP contribution in [0.2, 0.25) is 5.02 Å². The number of anilines is 1. The molecule has 3 nitrogen and oxygen atoms in total. The molecule has 0 radical (unpaired) electrons. The van der Waals surface area contributed by atoms with E-state index in [4.69, 9.17) is 34.3 Å². The minimum absolute atomic E-state index is 0.341. The lowest BCUT2D eigenvalue weighted by atomic mass is 10.1. The Morgan fingerprint density at radius 2 is 2.00 bits per heavy atom. The maximum atomic E-state index is 6.21. The molecule has 96 valence electrons. The standard InChI is InChI=1S/C13H15ClN2OS/c14-12-5-8(1-4-11(12)13(15)18)16-6-9-2-3-10(7-16)17-9/h1,4-5,9-10H,2-3,6-7H2,(H2,15,18). The number of benzene rings is 1. The van der Waals surface area contributed by atoms with E-state index < -0.39 is 0 Å². The van der Waals surface area contributed by atoms with Crippen molar-refractivity contribution in [3.63, 3.8) is 0 Å². The second-order valence-corrected chi connectivity index (χ2v) is 5.74. The average molecular weight is 283 g/mol. The van der Waals surface area contributed by atoms with Crippen LogP contribution in [0.5, 0.6) is 0 Å². The van der Waals surface area contributed by atoms with E-state index in [1.165, 1.54) is 12.8 Å². The monoisotopic (exact) mass is 282 g/mol. The molecule has 0 amide bonds. The summed E-state index contributed by atoms with van der Waals surface area (Å²) in [6.07, 6.45) is 3.08. The summed E-state index contributed by atoms with van der Waals surface area (Å²) in [5.74, 6) is 0. The lowest BCUT2D eigenvalue weighted by Gasteiger charge is -2.34. The Kier molecular flexibility index (Phi) is 3.18. The second-order valence-electron chi connectivity index (χ2n) is 4.89. The predicted octanol–water partition coefficient (Wildman–Crippen LogP) is 2.34. The maximum absolute atomic E-state index is 6.21. The van der Waals surface area contributed by atoms with Crippen molar-refractivity contribution in [1.29, 1.82) is 0 Å². The number of nitrogens with two attached hydrogens (primary N) is 1. The molecule has 0 saturated carbocycles. The van der Waals surface area contributed by atoms with Crippen molar-refractivity contribution in [1.82, 2.24) is 0 Å². The quantitative estimate of drug-likeness (QED) is 0.845. The van der Waals surface area contributed by atoms with Gasteiger partial charge in [0.1, 0.15) is 4.99 Å². The molecule has 2 atom stereocenters. The third kappa shape index (κ3) is 2.20. The van der Waals surface area contributed by atoms with Gasteiger partial charge in [0.15, 0.2) is 0 Å².